The Bertz CT molecular complexity index is 735. The second kappa shape index (κ2) is 7.29. The second-order valence-corrected chi connectivity index (χ2v) is 7.58. The number of nitrogens with zero attached hydrogens (tertiary/aromatic N) is 1. The Kier molecular flexibility index (Phi) is 5.58. The number of carbonyl (C=O) groups excluding carboxylic acids is 2. The van der Waals surface area contributed by atoms with Crippen molar-refractivity contribution >= 4 is 27.5 Å². The molecule has 2 amide bonds. The van der Waals surface area contributed by atoms with E-state index in [4.69, 9.17) is 5.73 Å². The summed E-state index contributed by atoms with van der Waals surface area (Å²) in [6, 6.07) is 4.71. The molecule has 0 bridgehead atoms. The number of amides is 2. The highest BCUT2D eigenvalue weighted by molar-refractivity contribution is 7.89. The van der Waals surface area contributed by atoms with Crippen LogP contribution in [0.1, 0.15) is 20.3 Å². The van der Waals surface area contributed by atoms with Gasteiger partial charge in [0.2, 0.25) is 21.8 Å². The summed E-state index contributed by atoms with van der Waals surface area (Å²) in [7, 11) is -3.90. The van der Waals surface area contributed by atoms with Gasteiger partial charge in [0.25, 0.3) is 0 Å². The Morgan fingerprint density at radius 2 is 2.08 bits per heavy atom. The molecule has 1 saturated heterocycles. The van der Waals surface area contributed by atoms with Gasteiger partial charge in [0.05, 0.1) is 4.90 Å². The number of rotatable bonds is 5. The van der Waals surface area contributed by atoms with E-state index < -0.39 is 22.1 Å². The number of hydrogen-bond acceptors (Lipinski definition) is 5. The Balaban J connectivity index is 2.34. The predicted molar refractivity (Wildman–Crippen MR) is 89.7 cm³/mol. The van der Waals surface area contributed by atoms with E-state index in [1.54, 1.807) is 13.0 Å². The Morgan fingerprint density at radius 1 is 1.38 bits per heavy atom. The third kappa shape index (κ3) is 3.92. The zero-order chi connectivity index (χ0) is 17.9. The third-order valence-corrected chi connectivity index (χ3v) is 5.57. The maximum Gasteiger partial charge on any atom is 0.243 e. The molecule has 24 heavy (non-hydrogen) atoms. The molecule has 0 saturated carbocycles. The smallest absolute Gasteiger partial charge is 0.243 e. The highest BCUT2D eigenvalue weighted by Gasteiger charge is 2.42. The van der Waals surface area contributed by atoms with E-state index in [9.17, 15) is 18.0 Å². The van der Waals surface area contributed by atoms with Gasteiger partial charge in [-0.2, -0.15) is 4.31 Å². The number of sulfonamides is 1. The zero-order valence-corrected chi connectivity index (χ0v) is 14.5. The minimum absolute atomic E-state index is 0.0112. The van der Waals surface area contributed by atoms with Crippen LogP contribution in [0.5, 0.6) is 0 Å². The van der Waals surface area contributed by atoms with Crippen molar-refractivity contribution < 1.29 is 18.0 Å². The molecule has 0 aromatic heterocycles. The lowest BCUT2D eigenvalue weighted by molar-refractivity contribution is -0.124. The van der Waals surface area contributed by atoms with Crippen LogP contribution in [0.4, 0.5) is 5.69 Å². The number of hydrogen-bond donors (Lipinski definition) is 3. The first kappa shape index (κ1) is 18.4. The fourth-order valence-electron chi connectivity index (χ4n) is 2.71. The molecule has 0 aliphatic carbocycles. The molecular weight excluding hydrogens is 332 g/mol. The van der Waals surface area contributed by atoms with Crippen LogP contribution in [0.3, 0.4) is 0 Å². The molecule has 9 heteroatoms. The normalized spacial score (nSPS) is 21.5. The highest BCUT2D eigenvalue weighted by atomic mass is 32.2. The lowest BCUT2D eigenvalue weighted by Gasteiger charge is -2.23. The lowest BCUT2D eigenvalue weighted by atomic mass is 10.2. The first-order valence-corrected chi connectivity index (χ1v) is 9.12. The largest absolute Gasteiger partial charge is 0.355 e. The summed E-state index contributed by atoms with van der Waals surface area (Å²) >= 11 is 0. The monoisotopic (exact) mass is 354 g/mol. The van der Waals surface area contributed by atoms with Gasteiger partial charge in [-0.25, -0.2) is 8.42 Å². The summed E-state index contributed by atoms with van der Waals surface area (Å²) in [5.74, 6) is -0.653. The van der Waals surface area contributed by atoms with Crippen LogP contribution >= 0.6 is 0 Å². The van der Waals surface area contributed by atoms with Crippen molar-refractivity contribution in [2.75, 3.05) is 18.4 Å². The van der Waals surface area contributed by atoms with Crippen LogP contribution in [0, 0.1) is 0 Å². The Hall–Kier alpha value is -1.97. The van der Waals surface area contributed by atoms with Gasteiger partial charge in [-0.1, -0.05) is 6.07 Å². The van der Waals surface area contributed by atoms with Crippen molar-refractivity contribution in [1.29, 1.82) is 0 Å². The average molecular weight is 354 g/mol. The van der Waals surface area contributed by atoms with Gasteiger partial charge in [-0.3, -0.25) is 9.59 Å². The molecule has 0 spiro atoms. The summed E-state index contributed by atoms with van der Waals surface area (Å²) in [6.45, 7) is 3.60. The maximum absolute atomic E-state index is 12.9. The SMILES string of the molecule is CCNC(=O)[C@@H]1C[C@H](N)CN1S(=O)(=O)c1cccc(NC(C)=O)c1. The number of anilines is 1. The molecule has 4 N–H and O–H groups in total. The Morgan fingerprint density at radius 3 is 2.71 bits per heavy atom. The van der Waals surface area contributed by atoms with Crippen molar-refractivity contribution in [3.8, 4) is 0 Å². The number of carbonyl (C=O) groups is 2. The summed E-state index contributed by atoms with van der Waals surface area (Å²) in [6.07, 6.45) is 0.274. The first-order chi connectivity index (χ1) is 11.3. The summed E-state index contributed by atoms with van der Waals surface area (Å²) < 4.78 is 27.0. The van der Waals surface area contributed by atoms with Crippen molar-refractivity contribution in [2.24, 2.45) is 5.73 Å². The van der Waals surface area contributed by atoms with Crippen molar-refractivity contribution in [3.05, 3.63) is 24.3 Å². The zero-order valence-electron chi connectivity index (χ0n) is 13.7. The average Bonchev–Trinajstić information content (AvgIpc) is 2.90. The number of likely N-dealkylation sites (N-methyl/N-ethyl adjacent to an activating group) is 1. The van der Waals surface area contributed by atoms with E-state index in [1.165, 1.54) is 25.1 Å². The van der Waals surface area contributed by atoms with Crippen LogP contribution in [0.2, 0.25) is 0 Å². The highest BCUT2D eigenvalue weighted by Crippen LogP contribution is 2.27. The van der Waals surface area contributed by atoms with Gasteiger partial charge >= 0.3 is 0 Å². The molecular formula is C15H22N4O4S. The molecule has 8 nitrogen and oxygen atoms in total. The third-order valence-electron chi connectivity index (χ3n) is 3.70. The molecule has 2 rings (SSSR count). The van der Waals surface area contributed by atoms with Gasteiger partial charge in [0, 0.05) is 31.7 Å². The summed E-state index contributed by atoms with van der Waals surface area (Å²) in [5.41, 5.74) is 6.25. The molecule has 1 fully saturated rings. The molecule has 132 valence electrons. The standard InChI is InChI=1S/C15H22N4O4S/c1-3-17-15(21)14-7-11(16)9-19(14)24(22,23)13-6-4-5-12(8-13)18-10(2)20/h4-6,8,11,14H,3,7,9,16H2,1-2H3,(H,17,21)(H,18,20)/t11-,14-/m0/s1. The topological polar surface area (TPSA) is 122 Å². The van der Waals surface area contributed by atoms with Crippen LogP contribution in [-0.4, -0.2) is 49.7 Å². The van der Waals surface area contributed by atoms with E-state index in [2.05, 4.69) is 10.6 Å². The van der Waals surface area contributed by atoms with Gasteiger partial charge in [0.1, 0.15) is 6.04 Å². The number of nitrogens with two attached hydrogens (primary N) is 1. The Labute approximate surface area is 141 Å². The number of nitrogens with one attached hydrogen (secondary N) is 2. The van der Waals surface area contributed by atoms with E-state index in [0.717, 1.165) is 4.31 Å². The van der Waals surface area contributed by atoms with Crippen LogP contribution in [0.25, 0.3) is 0 Å². The first-order valence-electron chi connectivity index (χ1n) is 7.68. The van der Waals surface area contributed by atoms with E-state index in [-0.39, 0.29) is 29.7 Å². The lowest BCUT2D eigenvalue weighted by Crippen LogP contribution is -2.45. The van der Waals surface area contributed by atoms with Gasteiger partial charge in [-0.15, -0.1) is 0 Å². The molecule has 2 atom stereocenters. The number of benzene rings is 1. The van der Waals surface area contributed by atoms with Crippen LogP contribution < -0.4 is 16.4 Å². The maximum atomic E-state index is 12.9. The molecule has 1 heterocycles. The minimum Gasteiger partial charge on any atom is -0.355 e. The molecule has 1 aromatic rings. The van der Waals surface area contributed by atoms with E-state index in [1.807, 2.05) is 0 Å². The van der Waals surface area contributed by atoms with Gasteiger partial charge < -0.3 is 16.4 Å². The van der Waals surface area contributed by atoms with Gasteiger partial charge in [0.15, 0.2) is 0 Å². The van der Waals surface area contributed by atoms with E-state index in [0.29, 0.717) is 12.2 Å². The van der Waals surface area contributed by atoms with Gasteiger partial charge in [-0.05, 0) is 31.5 Å². The van der Waals surface area contributed by atoms with Crippen molar-refractivity contribution in [3.63, 3.8) is 0 Å². The molecule has 1 aromatic carbocycles. The quantitative estimate of drug-likeness (QED) is 0.680. The molecule has 1 aliphatic rings. The second-order valence-electron chi connectivity index (χ2n) is 5.69. The molecule has 0 radical (unpaired) electrons. The fourth-order valence-corrected chi connectivity index (χ4v) is 4.41. The fraction of sp³-hybridized carbons (Fsp3) is 0.467. The summed E-state index contributed by atoms with van der Waals surface area (Å²) in [4.78, 5) is 23.3. The predicted octanol–water partition coefficient (Wildman–Crippen LogP) is -0.129. The van der Waals surface area contributed by atoms with Crippen LogP contribution in [0.15, 0.2) is 29.2 Å². The molecule has 1 aliphatic heterocycles. The van der Waals surface area contributed by atoms with Crippen LogP contribution in [-0.2, 0) is 19.6 Å². The minimum atomic E-state index is -3.90. The van der Waals surface area contributed by atoms with Crippen molar-refractivity contribution in [2.45, 2.75) is 37.2 Å². The molecule has 0 unspecified atom stereocenters. The van der Waals surface area contributed by atoms with E-state index >= 15 is 0 Å². The summed E-state index contributed by atoms with van der Waals surface area (Å²) in [5, 5.41) is 5.19. The van der Waals surface area contributed by atoms with Crippen molar-refractivity contribution in [1.82, 2.24) is 9.62 Å².